The molecule has 5 aromatic rings. The van der Waals surface area contributed by atoms with Crippen LogP contribution in [0.1, 0.15) is 54.6 Å². The number of likely N-dealkylation sites (tertiary alicyclic amines) is 1. The number of nitrogens with two attached hydrogens (primary N) is 1. The van der Waals surface area contributed by atoms with Crippen molar-refractivity contribution in [3.63, 3.8) is 0 Å². The topological polar surface area (TPSA) is 147 Å². The summed E-state index contributed by atoms with van der Waals surface area (Å²) < 4.78 is 27.7. The summed E-state index contributed by atoms with van der Waals surface area (Å²) in [7, 11) is 0. The van der Waals surface area contributed by atoms with Gasteiger partial charge >= 0.3 is 5.76 Å². The molecule has 1 aromatic carbocycles. The Labute approximate surface area is 251 Å². The van der Waals surface area contributed by atoms with Gasteiger partial charge < -0.3 is 14.9 Å². The van der Waals surface area contributed by atoms with Gasteiger partial charge in [-0.25, -0.2) is 28.8 Å². The molecule has 228 valence electrons. The number of benzene rings is 1. The van der Waals surface area contributed by atoms with E-state index in [0.717, 1.165) is 51.5 Å². The highest BCUT2D eigenvalue weighted by Gasteiger charge is 2.32. The van der Waals surface area contributed by atoms with Crippen LogP contribution in [0.4, 0.5) is 4.39 Å². The number of carbonyl (C=O) groups is 1. The number of hydrogen-bond donors (Lipinski definition) is 1. The fraction of sp³-hybridized carbons (Fsp3) is 0.419. The molecule has 7 rings (SSSR count). The molecular formula is C31H33FN8O4. The lowest BCUT2D eigenvalue weighted by molar-refractivity contribution is -0.0733. The van der Waals surface area contributed by atoms with Crippen LogP contribution in [0.3, 0.4) is 0 Å². The van der Waals surface area contributed by atoms with Crippen molar-refractivity contribution in [2.45, 2.75) is 51.7 Å². The number of aromatic nitrogens is 6. The summed E-state index contributed by atoms with van der Waals surface area (Å²) in [5.41, 5.74) is 9.80. The van der Waals surface area contributed by atoms with Crippen LogP contribution >= 0.6 is 0 Å². The van der Waals surface area contributed by atoms with Gasteiger partial charge in [0.1, 0.15) is 5.82 Å². The van der Waals surface area contributed by atoms with Crippen molar-refractivity contribution in [1.29, 1.82) is 0 Å². The molecule has 0 saturated carbocycles. The van der Waals surface area contributed by atoms with E-state index in [4.69, 9.17) is 25.0 Å². The molecule has 13 heteroatoms. The average Bonchev–Trinajstić information content (AvgIpc) is 3.52. The van der Waals surface area contributed by atoms with Crippen LogP contribution in [0.5, 0.6) is 0 Å². The molecule has 2 fully saturated rings. The van der Waals surface area contributed by atoms with Gasteiger partial charge in [-0.15, -0.1) is 0 Å². The number of primary amides is 1. The third-order valence-electron chi connectivity index (χ3n) is 8.58. The molecule has 0 bridgehead atoms. The Morgan fingerprint density at radius 2 is 1.86 bits per heavy atom. The van der Waals surface area contributed by atoms with E-state index in [1.54, 1.807) is 18.3 Å². The number of piperidine rings is 1. The van der Waals surface area contributed by atoms with Gasteiger partial charge in [0.2, 0.25) is 0 Å². The summed E-state index contributed by atoms with van der Waals surface area (Å²) in [4.78, 5) is 41.3. The van der Waals surface area contributed by atoms with Gasteiger partial charge in [-0.05, 0) is 42.9 Å². The highest BCUT2D eigenvalue weighted by Crippen LogP contribution is 2.37. The summed E-state index contributed by atoms with van der Waals surface area (Å²) >= 11 is 0. The minimum atomic E-state index is -0.604. The first-order chi connectivity index (χ1) is 21.3. The average molecular weight is 601 g/mol. The van der Waals surface area contributed by atoms with Gasteiger partial charge in [0.05, 0.1) is 67.2 Å². The molecule has 0 unspecified atom stereocenters. The number of nitrogens with zero attached hydrogens (tertiary/aromatic N) is 7. The number of halogens is 1. The van der Waals surface area contributed by atoms with Crippen LogP contribution in [0.25, 0.3) is 33.3 Å². The van der Waals surface area contributed by atoms with E-state index in [0.29, 0.717) is 57.0 Å². The number of ether oxygens (including phenoxy) is 1. The molecule has 1 amide bonds. The number of carbonyl (C=O) groups excluding carboxylic acids is 1. The normalized spacial score (nSPS) is 16.7. The van der Waals surface area contributed by atoms with E-state index >= 15 is 0 Å². The smallest absolute Gasteiger partial charge is 0.408 e. The lowest BCUT2D eigenvalue weighted by atomic mass is 9.92. The Morgan fingerprint density at radius 1 is 1.11 bits per heavy atom. The maximum atomic E-state index is 13.3. The molecule has 0 spiro atoms. The molecule has 12 nitrogen and oxygen atoms in total. The molecule has 0 atom stereocenters. The van der Waals surface area contributed by atoms with Crippen molar-refractivity contribution < 1.29 is 18.3 Å². The SMILES string of the molecule is CC(C)Cc1nc2c(cnn2C2CCN(C3COC3)CC2)c(-c2ccc3c(c2)oc(=O)n3Cc2ncc(F)cn2)c1C(N)=O. The minimum absolute atomic E-state index is 0.00932. The zero-order chi connectivity index (χ0) is 30.5. The number of pyridine rings is 1. The number of fused-ring (bicyclic) bond motifs is 2. The Hall–Kier alpha value is -4.49. The summed E-state index contributed by atoms with van der Waals surface area (Å²) in [6.07, 6.45) is 6.28. The van der Waals surface area contributed by atoms with Gasteiger partial charge in [0.15, 0.2) is 17.0 Å². The van der Waals surface area contributed by atoms with E-state index in [1.165, 1.54) is 4.57 Å². The number of hydrogen-bond acceptors (Lipinski definition) is 9. The van der Waals surface area contributed by atoms with Crippen molar-refractivity contribution in [1.82, 2.24) is 34.2 Å². The van der Waals surface area contributed by atoms with E-state index in [2.05, 4.69) is 28.7 Å². The second-order valence-electron chi connectivity index (χ2n) is 12.0. The predicted octanol–water partition coefficient (Wildman–Crippen LogP) is 3.32. The van der Waals surface area contributed by atoms with Crippen LogP contribution in [0.15, 0.2) is 46.0 Å². The first-order valence-corrected chi connectivity index (χ1v) is 14.9. The van der Waals surface area contributed by atoms with Crippen LogP contribution in [0, 0.1) is 11.7 Å². The number of oxazole rings is 1. The highest BCUT2D eigenvalue weighted by molar-refractivity contribution is 6.09. The maximum Gasteiger partial charge on any atom is 0.420 e. The van der Waals surface area contributed by atoms with Crippen LogP contribution < -0.4 is 11.5 Å². The molecule has 44 heavy (non-hydrogen) atoms. The molecule has 2 aliphatic rings. The fourth-order valence-corrected chi connectivity index (χ4v) is 6.34. The Morgan fingerprint density at radius 3 is 2.52 bits per heavy atom. The van der Waals surface area contributed by atoms with E-state index in [1.807, 2.05) is 10.7 Å². The van der Waals surface area contributed by atoms with Gasteiger partial charge in [0, 0.05) is 24.0 Å². The van der Waals surface area contributed by atoms with E-state index in [9.17, 15) is 14.0 Å². The second kappa shape index (κ2) is 11.2. The minimum Gasteiger partial charge on any atom is -0.408 e. The van der Waals surface area contributed by atoms with Crippen molar-refractivity contribution >= 4 is 28.0 Å². The zero-order valence-corrected chi connectivity index (χ0v) is 24.6. The molecule has 2 aliphatic heterocycles. The summed E-state index contributed by atoms with van der Waals surface area (Å²) in [6.45, 7) is 7.66. The Bertz CT molecular complexity index is 1920. The molecular weight excluding hydrogens is 567 g/mol. The molecule has 0 aliphatic carbocycles. The van der Waals surface area contributed by atoms with Gasteiger partial charge in [0.25, 0.3) is 5.91 Å². The van der Waals surface area contributed by atoms with Crippen LogP contribution in [-0.4, -0.2) is 72.5 Å². The maximum absolute atomic E-state index is 13.3. The van der Waals surface area contributed by atoms with Crippen molar-refractivity contribution in [2.24, 2.45) is 11.7 Å². The molecule has 0 radical (unpaired) electrons. The summed E-state index contributed by atoms with van der Waals surface area (Å²) in [5.74, 6) is -1.26. The molecule has 2 N–H and O–H groups in total. The zero-order valence-electron chi connectivity index (χ0n) is 24.6. The Balaban J connectivity index is 1.32. The van der Waals surface area contributed by atoms with Crippen molar-refractivity contribution in [3.05, 3.63) is 70.2 Å². The van der Waals surface area contributed by atoms with Crippen LogP contribution in [0.2, 0.25) is 0 Å². The number of rotatable bonds is 8. The predicted molar refractivity (Wildman–Crippen MR) is 160 cm³/mol. The lowest BCUT2D eigenvalue weighted by Crippen LogP contribution is -2.51. The first kappa shape index (κ1) is 28.3. The Kier molecular flexibility index (Phi) is 7.21. The molecule has 4 aromatic heterocycles. The molecule has 6 heterocycles. The van der Waals surface area contributed by atoms with Crippen molar-refractivity contribution in [3.8, 4) is 11.1 Å². The largest absolute Gasteiger partial charge is 0.420 e. The second-order valence-corrected chi connectivity index (χ2v) is 12.0. The number of amides is 1. The lowest BCUT2D eigenvalue weighted by Gasteiger charge is -2.41. The van der Waals surface area contributed by atoms with E-state index in [-0.39, 0.29) is 24.3 Å². The van der Waals surface area contributed by atoms with Gasteiger partial charge in [-0.3, -0.25) is 14.3 Å². The van der Waals surface area contributed by atoms with Gasteiger partial charge in [-0.2, -0.15) is 5.10 Å². The highest BCUT2D eigenvalue weighted by atomic mass is 19.1. The monoisotopic (exact) mass is 600 g/mol. The first-order valence-electron chi connectivity index (χ1n) is 14.9. The van der Waals surface area contributed by atoms with E-state index < -0.39 is 17.5 Å². The summed E-state index contributed by atoms with van der Waals surface area (Å²) in [6, 6.07) is 5.98. The molecule has 2 saturated heterocycles. The van der Waals surface area contributed by atoms with Crippen molar-refractivity contribution in [2.75, 3.05) is 26.3 Å². The quantitative estimate of drug-likeness (QED) is 0.283. The van der Waals surface area contributed by atoms with Gasteiger partial charge in [-0.1, -0.05) is 19.9 Å². The standard InChI is InChI=1S/C31H33FN8O4/c1-17(2)9-23-28(29(33)41)27(22-13-36-40(30(22)37-23)20-5-7-38(8-6-20)21-15-43-16-21)18-3-4-24-25(10-18)44-31(42)39(24)14-26-34-11-19(32)12-35-26/h3-4,10-13,17,20-21H,5-9,14-16H2,1-2H3,(H2,33,41). The third kappa shape index (κ3) is 5.05. The third-order valence-corrected chi connectivity index (χ3v) is 8.58. The fourth-order valence-electron chi connectivity index (χ4n) is 6.34. The summed E-state index contributed by atoms with van der Waals surface area (Å²) in [5, 5.41) is 5.51. The van der Waals surface area contributed by atoms with Crippen LogP contribution in [-0.2, 0) is 17.7 Å².